The molecule has 4 aromatic rings. The minimum Gasteiger partial charge on any atom is -0.507 e. The number of ether oxygens (including phenoxy) is 1. The van der Waals surface area contributed by atoms with Crippen molar-refractivity contribution in [2.75, 3.05) is 30.5 Å². The summed E-state index contributed by atoms with van der Waals surface area (Å²) in [5.41, 5.74) is 3.97. The van der Waals surface area contributed by atoms with E-state index in [1.54, 1.807) is 24.3 Å². The van der Waals surface area contributed by atoms with E-state index in [2.05, 4.69) is 13.8 Å². The molecule has 1 aliphatic rings. The Morgan fingerprint density at radius 2 is 1.74 bits per heavy atom. The smallest absolute Gasteiger partial charge is 0.301 e. The lowest BCUT2D eigenvalue weighted by Crippen LogP contribution is -2.29. The number of aliphatic hydroxyl groups is 1. The van der Waals surface area contributed by atoms with Gasteiger partial charge in [-0.2, -0.15) is 0 Å². The Morgan fingerprint density at radius 1 is 1.05 bits per heavy atom. The lowest BCUT2D eigenvalue weighted by molar-refractivity contribution is -0.132. The highest BCUT2D eigenvalue weighted by atomic mass is 32.1. The number of aromatic nitrogens is 1. The van der Waals surface area contributed by atoms with Crippen LogP contribution in [0.25, 0.3) is 16.0 Å². The lowest BCUT2D eigenvalue weighted by Gasteiger charge is -2.23. The molecule has 0 spiro atoms. The van der Waals surface area contributed by atoms with Crippen molar-refractivity contribution in [1.82, 2.24) is 4.98 Å². The lowest BCUT2D eigenvalue weighted by atomic mass is 9.95. The van der Waals surface area contributed by atoms with Gasteiger partial charge in [0.15, 0.2) is 5.13 Å². The number of benzene rings is 3. The molecule has 1 saturated heterocycles. The molecule has 0 radical (unpaired) electrons. The van der Waals surface area contributed by atoms with Crippen LogP contribution < -0.4 is 14.5 Å². The van der Waals surface area contributed by atoms with Crippen LogP contribution >= 0.6 is 11.3 Å². The summed E-state index contributed by atoms with van der Waals surface area (Å²) in [6.07, 6.45) is 0. The molecule has 0 aliphatic carbocycles. The Balaban J connectivity index is 1.63. The van der Waals surface area contributed by atoms with Crippen molar-refractivity contribution >= 4 is 49.8 Å². The van der Waals surface area contributed by atoms with Crippen LogP contribution in [-0.2, 0) is 9.59 Å². The summed E-state index contributed by atoms with van der Waals surface area (Å²) in [5.74, 6) is -0.652. The van der Waals surface area contributed by atoms with Gasteiger partial charge in [-0.05, 0) is 72.5 Å². The molecule has 1 aromatic heterocycles. The Morgan fingerprint density at radius 3 is 2.38 bits per heavy atom. The Kier molecular flexibility index (Phi) is 7.14. The zero-order chi connectivity index (χ0) is 27.8. The number of thiazole rings is 1. The minimum absolute atomic E-state index is 0.0314. The second-order valence-electron chi connectivity index (χ2n) is 10.4. The fraction of sp³-hybridized carbons (Fsp3) is 0.258. The molecule has 1 unspecified atom stereocenters. The molecule has 39 heavy (non-hydrogen) atoms. The molecule has 0 bridgehead atoms. The first-order valence-electron chi connectivity index (χ1n) is 12.8. The number of aryl methyl sites for hydroxylation is 1. The maximum absolute atomic E-state index is 13.5. The summed E-state index contributed by atoms with van der Waals surface area (Å²) in [6, 6.07) is 19.6. The highest BCUT2D eigenvalue weighted by molar-refractivity contribution is 7.22. The van der Waals surface area contributed by atoms with Gasteiger partial charge in [-0.3, -0.25) is 14.5 Å². The number of aliphatic hydroxyl groups excluding tert-OH is 1. The molecule has 0 saturated carbocycles. The van der Waals surface area contributed by atoms with Crippen LogP contribution in [-0.4, -0.2) is 42.5 Å². The van der Waals surface area contributed by atoms with Gasteiger partial charge in [0.1, 0.15) is 11.5 Å². The van der Waals surface area contributed by atoms with Crippen molar-refractivity contribution in [2.24, 2.45) is 5.92 Å². The first kappa shape index (κ1) is 26.4. The molecule has 1 N–H and O–H groups in total. The first-order chi connectivity index (χ1) is 18.6. The standard InChI is InChI=1S/C31H31N3O4S/c1-18(2)17-38-23-13-9-21(10-14-23)28(35)26-27(20-7-11-22(12-8-20)33(4)5)34(30(37)29(26)36)31-32-24-15-6-19(3)16-25(24)39-31/h6-16,18,27,35H,17H2,1-5H3/b28-26+. The molecule has 1 atom stereocenters. The van der Waals surface area contributed by atoms with Crippen LogP contribution in [0.5, 0.6) is 5.75 Å². The largest absolute Gasteiger partial charge is 0.507 e. The number of rotatable bonds is 7. The average molecular weight is 542 g/mol. The molecule has 1 fully saturated rings. The number of carbonyl (C=O) groups is 2. The van der Waals surface area contributed by atoms with Crippen LogP contribution in [0.3, 0.4) is 0 Å². The van der Waals surface area contributed by atoms with E-state index in [9.17, 15) is 14.7 Å². The number of ketones is 1. The van der Waals surface area contributed by atoms with Gasteiger partial charge < -0.3 is 14.7 Å². The molecule has 2 heterocycles. The highest BCUT2D eigenvalue weighted by Crippen LogP contribution is 2.44. The van der Waals surface area contributed by atoms with Crippen molar-refractivity contribution in [1.29, 1.82) is 0 Å². The third-order valence-electron chi connectivity index (χ3n) is 6.62. The second kappa shape index (κ2) is 10.5. The van der Waals surface area contributed by atoms with Gasteiger partial charge in [-0.15, -0.1) is 0 Å². The normalized spacial score (nSPS) is 16.9. The van der Waals surface area contributed by atoms with E-state index in [0.717, 1.165) is 21.5 Å². The first-order valence-corrected chi connectivity index (χ1v) is 13.6. The predicted octanol–water partition coefficient (Wildman–Crippen LogP) is 6.33. The Bertz CT molecular complexity index is 1570. The molecule has 1 aliphatic heterocycles. The fourth-order valence-corrected chi connectivity index (χ4v) is 5.64. The van der Waals surface area contributed by atoms with E-state index in [1.807, 2.05) is 68.4 Å². The van der Waals surface area contributed by atoms with E-state index in [4.69, 9.17) is 9.72 Å². The molecular weight excluding hydrogens is 510 g/mol. The highest BCUT2D eigenvalue weighted by Gasteiger charge is 2.48. The van der Waals surface area contributed by atoms with Gasteiger partial charge in [0, 0.05) is 25.3 Å². The van der Waals surface area contributed by atoms with Gasteiger partial charge in [-0.1, -0.05) is 43.4 Å². The zero-order valence-electron chi connectivity index (χ0n) is 22.6. The van der Waals surface area contributed by atoms with Crippen LogP contribution in [0.15, 0.2) is 72.3 Å². The predicted molar refractivity (Wildman–Crippen MR) is 157 cm³/mol. The van der Waals surface area contributed by atoms with E-state index in [-0.39, 0.29) is 11.3 Å². The van der Waals surface area contributed by atoms with Crippen LogP contribution in [0, 0.1) is 12.8 Å². The Hall–Kier alpha value is -4.17. The number of fused-ring (bicyclic) bond motifs is 1. The molecule has 3 aromatic carbocycles. The third kappa shape index (κ3) is 5.12. The van der Waals surface area contributed by atoms with Crippen molar-refractivity contribution in [2.45, 2.75) is 26.8 Å². The third-order valence-corrected chi connectivity index (χ3v) is 7.64. The average Bonchev–Trinajstić information content (AvgIpc) is 3.44. The van der Waals surface area contributed by atoms with Crippen LogP contribution in [0.1, 0.15) is 36.6 Å². The van der Waals surface area contributed by atoms with E-state index in [0.29, 0.717) is 34.5 Å². The topological polar surface area (TPSA) is 83.0 Å². The second-order valence-corrected chi connectivity index (χ2v) is 11.4. The van der Waals surface area contributed by atoms with E-state index >= 15 is 0 Å². The summed E-state index contributed by atoms with van der Waals surface area (Å²) < 4.78 is 6.68. The van der Waals surface area contributed by atoms with Gasteiger partial charge in [0.05, 0.1) is 28.4 Å². The number of hydrogen-bond acceptors (Lipinski definition) is 7. The summed E-state index contributed by atoms with van der Waals surface area (Å²) in [5, 5.41) is 11.9. The maximum Gasteiger partial charge on any atom is 0.301 e. The number of amides is 1. The molecular formula is C31H31N3O4S. The molecule has 1 amide bonds. The fourth-order valence-electron chi connectivity index (χ4n) is 4.55. The number of anilines is 2. The molecule has 8 heteroatoms. The van der Waals surface area contributed by atoms with Gasteiger partial charge >= 0.3 is 5.91 Å². The summed E-state index contributed by atoms with van der Waals surface area (Å²) in [6.45, 7) is 6.70. The Labute approximate surface area is 232 Å². The summed E-state index contributed by atoms with van der Waals surface area (Å²) >= 11 is 1.35. The monoisotopic (exact) mass is 541 g/mol. The maximum atomic E-state index is 13.5. The number of Topliss-reactive ketones (excluding diaryl/α,β-unsaturated/α-hetero) is 1. The van der Waals surface area contributed by atoms with Gasteiger partial charge in [0.2, 0.25) is 0 Å². The van der Waals surface area contributed by atoms with Crippen molar-refractivity contribution in [3.8, 4) is 5.75 Å². The van der Waals surface area contributed by atoms with E-state index < -0.39 is 17.7 Å². The summed E-state index contributed by atoms with van der Waals surface area (Å²) in [7, 11) is 3.89. The van der Waals surface area contributed by atoms with Crippen molar-refractivity contribution in [3.63, 3.8) is 0 Å². The number of hydrogen-bond donors (Lipinski definition) is 1. The SMILES string of the molecule is Cc1ccc2nc(N3C(=O)C(=O)/C(=C(/O)c4ccc(OCC(C)C)cc4)C3c3ccc(N(C)C)cc3)sc2c1. The number of carbonyl (C=O) groups excluding carboxylic acids is 2. The van der Waals surface area contributed by atoms with E-state index in [1.165, 1.54) is 16.2 Å². The molecule has 5 rings (SSSR count). The van der Waals surface area contributed by atoms with Crippen molar-refractivity contribution in [3.05, 3.63) is 89.0 Å². The van der Waals surface area contributed by atoms with Crippen molar-refractivity contribution < 1.29 is 19.4 Å². The quantitative estimate of drug-likeness (QED) is 0.167. The number of nitrogens with zero attached hydrogens (tertiary/aromatic N) is 3. The summed E-state index contributed by atoms with van der Waals surface area (Å²) in [4.78, 5) is 35.1. The molecule has 7 nitrogen and oxygen atoms in total. The zero-order valence-corrected chi connectivity index (χ0v) is 23.5. The minimum atomic E-state index is -0.834. The van der Waals surface area contributed by atoms with Gasteiger partial charge in [0.25, 0.3) is 5.78 Å². The molecule has 200 valence electrons. The van der Waals surface area contributed by atoms with Gasteiger partial charge in [-0.25, -0.2) is 4.98 Å². The van der Waals surface area contributed by atoms with Crippen LogP contribution in [0.2, 0.25) is 0 Å². The van der Waals surface area contributed by atoms with Crippen LogP contribution in [0.4, 0.5) is 10.8 Å².